The number of rotatable bonds is 2. The Balaban J connectivity index is 2.49. The molecule has 1 radical (unpaired) electrons. The number of carboxylic acid groups (broad SMARTS) is 1. The second kappa shape index (κ2) is 3.18. The molecule has 0 unspecified atom stereocenters. The number of carbonyl (C=O) groups is 1. The molecule has 1 aromatic heterocycles. The lowest BCUT2D eigenvalue weighted by molar-refractivity contribution is -0.136. The monoisotopic (exact) mass is 188 g/mol. The molecule has 0 amide bonds. The van der Waals surface area contributed by atoms with E-state index in [4.69, 9.17) is 5.11 Å². The van der Waals surface area contributed by atoms with Crippen molar-refractivity contribution in [2.24, 2.45) is 0 Å². The maximum Gasteiger partial charge on any atom is 0.307 e. The zero-order valence-corrected chi connectivity index (χ0v) is 7.58. The molecule has 0 aliphatic carbocycles. The highest BCUT2D eigenvalue weighted by molar-refractivity contribution is 5.85. The first-order chi connectivity index (χ1) is 6.66. The molecule has 2 rings (SSSR count). The van der Waals surface area contributed by atoms with Crippen LogP contribution in [0.1, 0.15) is 11.1 Å². The van der Waals surface area contributed by atoms with Gasteiger partial charge in [-0.25, -0.2) is 0 Å². The second-order valence-corrected chi connectivity index (χ2v) is 3.26. The van der Waals surface area contributed by atoms with E-state index in [-0.39, 0.29) is 6.42 Å². The van der Waals surface area contributed by atoms with Gasteiger partial charge in [0, 0.05) is 17.1 Å². The van der Waals surface area contributed by atoms with Gasteiger partial charge < -0.3 is 10.1 Å². The average Bonchev–Trinajstić information content (AvgIpc) is 2.47. The van der Waals surface area contributed by atoms with Gasteiger partial charge in [-0.05, 0) is 30.2 Å². The van der Waals surface area contributed by atoms with E-state index in [0.717, 1.165) is 22.0 Å². The van der Waals surface area contributed by atoms with Crippen LogP contribution in [0.4, 0.5) is 0 Å². The summed E-state index contributed by atoms with van der Waals surface area (Å²) in [6.07, 6.45) is 1.87. The number of aliphatic carboxylic acids is 1. The number of aromatic nitrogens is 1. The van der Waals surface area contributed by atoms with Gasteiger partial charge in [0.05, 0.1) is 6.42 Å². The number of hydrogen-bond acceptors (Lipinski definition) is 1. The molecular formula is C11H10NO2. The standard InChI is InChI=1S/C11H10NO2/c1-7-6-12-10-3-2-8(4-9(7)10)5-11(13)14/h2-4,6,12H,1,5H2,(H,13,14). The minimum absolute atomic E-state index is 0.0561. The van der Waals surface area contributed by atoms with Crippen molar-refractivity contribution in [2.75, 3.05) is 0 Å². The van der Waals surface area contributed by atoms with Crippen LogP contribution in [0.3, 0.4) is 0 Å². The highest BCUT2D eigenvalue weighted by Gasteiger charge is 2.03. The first-order valence-electron chi connectivity index (χ1n) is 4.30. The summed E-state index contributed by atoms with van der Waals surface area (Å²) >= 11 is 0. The Labute approximate surface area is 81.4 Å². The van der Waals surface area contributed by atoms with Gasteiger partial charge in [0.1, 0.15) is 0 Å². The van der Waals surface area contributed by atoms with E-state index >= 15 is 0 Å². The van der Waals surface area contributed by atoms with Crippen LogP contribution >= 0.6 is 0 Å². The van der Waals surface area contributed by atoms with Gasteiger partial charge in [0.25, 0.3) is 0 Å². The van der Waals surface area contributed by atoms with Crippen molar-refractivity contribution in [3.63, 3.8) is 0 Å². The summed E-state index contributed by atoms with van der Waals surface area (Å²) in [5.74, 6) is -0.814. The lowest BCUT2D eigenvalue weighted by Gasteiger charge is -1.97. The van der Waals surface area contributed by atoms with Crippen LogP contribution in [0.2, 0.25) is 0 Å². The SMILES string of the molecule is [CH2]c1c[nH]c2ccc(CC(=O)O)cc12. The normalized spacial score (nSPS) is 10.6. The van der Waals surface area contributed by atoms with Crippen molar-refractivity contribution in [2.45, 2.75) is 6.42 Å². The van der Waals surface area contributed by atoms with E-state index in [1.807, 2.05) is 24.4 Å². The molecule has 71 valence electrons. The van der Waals surface area contributed by atoms with Crippen LogP contribution in [0, 0.1) is 6.92 Å². The molecule has 0 spiro atoms. The minimum atomic E-state index is -0.814. The van der Waals surface area contributed by atoms with Crippen molar-refractivity contribution < 1.29 is 9.90 Å². The maximum absolute atomic E-state index is 10.5. The van der Waals surface area contributed by atoms with E-state index in [0.29, 0.717) is 0 Å². The molecule has 1 heterocycles. The van der Waals surface area contributed by atoms with Crippen LogP contribution in [-0.4, -0.2) is 16.1 Å². The third-order valence-electron chi connectivity index (χ3n) is 2.19. The summed E-state index contributed by atoms with van der Waals surface area (Å²) in [6, 6.07) is 5.55. The highest BCUT2D eigenvalue weighted by Crippen LogP contribution is 2.19. The van der Waals surface area contributed by atoms with E-state index in [9.17, 15) is 4.79 Å². The summed E-state index contributed by atoms with van der Waals surface area (Å²) in [6.45, 7) is 3.85. The number of carboxylic acids is 1. The van der Waals surface area contributed by atoms with E-state index in [2.05, 4.69) is 11.9 Å². The van der Waals surface area contributed by atoms with Crippen molar-refractivity contribution in [1.82, 2.24) is 4.98 Å². The molecule has 0 saturated heterocycles. The second-order valence-electron chi connectivity index (χ2n) is 3.26. The summed E-state index contributed by atoms with van der Waals surface area (Å²) in [7, 11) is 0. The topological polar surface area (TPSA) is 53.1 Å². The lowest BCUT2D eigenvalue weighted by Crippen LogP contribution is -1.99. The zero-order chi connectivity index (χ0) is 10.1. The van der Waals surface area contributed by atoms with E-state index in [1.54, 1.807) is 0 Å². The first kappa shape index (κ1) is 8.81. The predicted octanol–water partition coefficient (Wildman–Crippen LogP) is 1.98. The van der Waals surface area contributed by atoms with E-state index in [1.165, 1.54) is 0 Å². The quantitative estimate of drug-likeness (QED) is 0.757. The van der Waals surface area contributed by atoms with Gasteiger partial charge >= 0.3 is 5.97 Å². The molecule has 0 fully saturated rings. The number of H-pyrrole nitrogens is 1. The fraction of sp³-hybridized carbons (Fsp3) is 0.0909. The average molecular weight is 188 g/mol. The molecule has 2 N–H and O–H groups in total. The Hall–Kier alpha value is -1.77. The molecule has 0 atom stereocenters. The molecule has 2 aromatic rings. The Bertz CT molecular complexity index is 485. The molecule has 3 nitrogen and oxygen atoms in total. The van der Waals surface area contributed by atoms with Crippen molar-refractivity contribution in [1.29, 1.82) is 0 Å². The maximum atomic E-state index is 10.5. The third kappa shape index (κ3) is 1.48. The minimum Gasteiger partial charge on any atom is -0.481 e. The van der Waals surface area contributed by atoms with Gasteiger partial charge in [-0.15, -0.1) is 0 Å². The van der Waals surface area contributed by atoms with E-state index < -0.39 is 5.97 Å². The fourth-order valence-corrected chi connectivity index (χ4v) is 1.51. The Morgan fingerprint density at radius 2 is 2.29 bits per heavy atom. The van der Waals surface area contributed by atoms with Crippen LogP contribution in [-0.2, 0) is 11.2 Å². The molecule has 0 aliphatic heterocycles. The largest absolute Gasteiger partial charge is 0.481 e. The molecule has 0 aliphatic rings. The molecular weight excluding hydrogens is 178 g/mol. The van der Waals surface area contributed by atoms with Crippen LogP contribution < -0.4 is 0 Å². The molecule has 14 heavy (non-hydrogen) atoms. The van der Waals surface area contributed by atoms with Crippen molar-refractivity contribution in [3.05, 3.63) is 42.4 Å². The zero-order valence-electron chi connectivity index (χ0n) is 7.58. The number of fused-ring (bicyclic) bond motifs is 1. The summed E-state index contributed by atoms with van der Waals surface area (Å²) in [4.78, 5) is 13.6. The number of nitrogens with one attached hydrogen (secondary N) is 1. The molecule has 0 bridgehead atoms. The van der Waals surface area contributed by atoms with Gasteiger partial charge in [0.15, 0.2) is 0 Å². The first-order valence-corrected chi connectivity index (χ1v) is 4.30. The van der Waals surface area contributed by atoms with Gasteiger partial charge in [-0.1, -0.05) is 6.07 Å². The summed E-state index contributed by atoms with van der Waals surface area (Å²) in [5.41, 5.74) is 2.69. The fourth-order valence-electron chi connectivity index (χ4n) is 1.51. The third-order valence-corrected chi connectivity index (χ3v) is 2.19. The molecule has 0 saturated carbocycles. The van der Waals surface area contributed by atoms with Crippen LogP contribution in [0.15, 0.2) is 24.4 Å². The smallest absolute Gasteiger partial charge is 0.307 e. The molecule has 3 heteroatoms. The molecule has 1 aromatic carbocycles. The predicted molar refractivity (Wildman–Crippen MR) is 54.1 cm³/mol. The van der Waals surface area contributed by atoms with Gasteiger partial charge in [0.2, 0.25) is 0 Å². The Morgan fingerprint density at radius 1 is 1.50 bits per heavy atom. The van der Waals surface area contributed by atoms with Crippen LogP contribution in [0.5, 0.6) is 0 Å². The highest BCUT2D eigenvalue weighted by atomic mass is 16.4. The number of benzene rings is 1. The number of aromatic amines is 1. The van der Waals surface area contributed by atoms with Gasteiger partial charge in [-0.3, -0.25) is 4.79 Å². The lowest BCUT2D eigenvalue weighted by atomic mass is 10.1. The van der Waals surface area contributed by atoms with Crippen molar-refractivity contribution in [3.8, 4) is 0 Å². The summed E-state index contributed by atoms with van der Waals surface area (Å²) in [5, 5.41) is 9.63. The number of hydrogen-bond donors (Lipinski definition) is 2. The van der Waals surface area contributed by atoms with Crippen molar-refractivity contribution >= 4 is 16.9 Å². The van der Waals surface area contributed by atoms with Gasteiger partial charge in [-0.2, -0.15) is 0 Å². The van der Waals surface area contributed by atoms with Crippen LogP contribution in [0.25, 0.3) is 10.9 Å². The Morgan fingerprint density at radius 3 is 3.00 bits per heavy atom. The Kier molecular flexibility index (Phi) is 2.00. The summed E-state index contributed by atoms with van der Waals surface area (Å²) < 4.78 is 0.